The van der Waals surface area contributed by atoms with Crippen LogP contribution in [-0.2, 0) is 0 Å². The van der Waals surface area contributed by atoms with E-state index in [-0.39, 0.29) is 24.7 Å². The molecule has 0 aliphatic carbocycles. The monoisotopic (exact) mass is 331 g/mol. The summed E-state index contributed by atoms with van der Waals surface area (Å²) in [5.74, 6) is 0.414. The molecule has 0 unspecified atom stereocenters. The average Bonchev–Trinajstić information content (AvgIpc) is 2.60. The molecule has 0 spiro atoms. The zero-order valence-corrected chi connectivity index (χ0v) is 13.4. The molecule has 2 aromatic rings. The highest BCUT2D eigenvalue weighted by molar-refractivity contribution is 7.99. The van der Waals surface area contributed by atoms with E-state index in [9.17, 15) is 4.79 Å². The highest BCUT2D eigenvalue weighted by Crippen LogP contribution is 2.29. The Morgan fingerprint density at radius 1 is 1.09 bits per heavy atom. The highest BCUT2D eigenvalue weighted by atomic mass is 32.2. The number of aliphatic hydroxyl groups is 1. The van der Waals surface area contributed by atoms with E-state index in [4.69, 9.17) is 15.1 Å². The molecule has 2 rings (SSSR count). The summed E-state index contributed by atoms with van der Waals surface area (Å²) >= 11 is 1.56. The maximum absolute atomic E-state index is 11.8. The fourth-order valence-corrected chi connectivity index (χ4v) is 2.65. The van der Waals surface area contributed by atoms with Crippen LogP contribution in [0, 0.1) is 0 Å². The number of hydrogen-bond acceptors (Lipinski definition) is 6. The van der Waals surface area contributed by atoms with Crippen molar-refractivity contribution in [2.75, 3.05) is 13.2 Å². The second kappa shape index (κ2) is 8.36. The number of Topliss-reactive ketones (excluding diaryl/α,β-unsaturated/α-hetero) is 1. The summed E-state index contributed by atoms with van der Waals surface area (Å²) in [5.41, 5.74) is 0.543. The normalized spacial score (nSPS) is 11.3. The van der Waals surface area contributed by atoms with E-state index in [2.05, 4.69) is 5.16 Å². The predicted molar refractivity (Wildman–Crippen MR) is 88.8 cm³/mol. The van der Waals surface area contributed by atoms with Gasteiger partial charge in [-0.2, -0.15) is 0 Å². The molecule has 0 bridgehead atoms. The first-order valence-electron chi connectivity index (χ1n) is 6.99. The molecule has 0 fully saturated rings. The molecule has 0 aliphatic rings. The summed E-state index contributed by atoms with van der Waals surface area (Å²) in [4.78, 5) is 13.9. The van der Waals surface area contributed by atoms with Gasteiger partial charge in [0.15, 0.2) is 0 Å². The number of ether oxygens (including phenoxy) is 1. The largest absolute Gasteiger partial charge is 0.491 e. The summed E-state index contributed by atoms with van der Waals surface area (Å²) in [5, 5.41) is 20.3. The molecule has 0 amide bonds. The molecular weight excluding hydrogens is 314 g/mol. The van der Waals surface area contributed by atoms with Crippen molar-refractivity contribution in [1.82, 2.24) is 0 Å². The van der Waals surface area contributed by atoms with Gasteiger partial charge in [-0.3, -0.25) is 4.79 Å². The van der Waals surface area contributed by atoms with Crippen LogP contribution in [-0.4, -0.2) is 35.0 Å². The smallest absolute Gasteiger partial charge is 0.210 e. The fraction of sp³-hybridized carbons (Fsp3) is 0.176. The van der Waals surface area contributed by atoms with Crippen molar-refractivity contribution in [2.24, 2.45) is 5.16 Å². The van der Waals surface area contributed by atoms with Crippen molar-refractivity contribution < 1.29 is 19.8 Å². The molecule has 2 N–H and O–H groups in total. The van der Waals surface area contributed by atoms with E-state index < -0.39 is 0 Å². The van der Waals surface area contributed by atoms with Crippen LogP contribution in [0.4, 0.5) is 0 Å². The average molecular weight is 331 g/mol. The third kappa shape index (κ3) is 4.84. The predicted octanol–water partition coefficient (Wildman–Crippen LogP) is 3.24. The van der Waals surface area contributed by atoms with Gasteiger partial charge in [0.25, 0.3) is 0 Å². The van der Waals surface area contributed by atoms with Crippen molar-refractivity contribution in [3.63, 3.8) is 0 Å². The first-order valence-corrected chi connectivity index (χ1v) is 7.80. The third-order valence-electron chi connectivity index (χ3n) is 3.01. The lowest BCUT2D eigenvalue weighted by Gasteiger charge is -2.06. The Hall–Kier alpha value is -2.31. The minimum absolute atomic E-state index is 0.0119. The molecule has 2 aromatic carbocycles. The highest BCUT2D eigenvalue weighted by Gasteiger charge is 2.10. The molecule has 0 saturated carbocycles. The standard InChI is InChI=1S/C17H17NO4S/c1-12(18-21)17(20)13-2-6-15(7-3-13)23-16-8-4-14(5-9-16)22-11-10-19/h2-9,19,21H,10-11H2,1H3. The number of hydrogen-bond donors (Lipinski definition) is 2. The zero-order valence-electron chi connectivity index (χ0n) is 12.6. The minimum Gasteiger partial charge on any atom is -0.491 e. The van der Waals surface area contributed by atoms with Crippen LogP contribution in [0.15, 0.2) is 63.5 Å². The molecule has 23 heavy (non-hydrogen) atoms. The molecule has 6 heteroatoms. The molecule has 0 saturated heterocycles. The van der Waals surface area contributed by atoms with E-state index in [1.54, 1.807) is 23.9 Å². The summed E-state index contributed by atoms with van der Waals surface area (Å²) < 4.78 is 5.31. The second-order valence-electron chi connectivity index (χ2n) is 4.68. The Labute approximate surface area is 138 Å². The fourth-order valence-electron chi connectivity index (χ4n) is 1.83. The number of nitrogens with zero attached hydrogens (tertiary/aromatic N) is 1. The van der Waals surface area contributed by atoms with Gasteiger partial charge in [0.2, 0.25) is 5.78 Å². The van der Waals surface area contributed by atoms with Gasteiger partial charge in [0, 0.05) is 15.4 Å². The number of benzene rings is 2. The van der Waals surface area contributed by atoms with Gasteiger partial charge in [-0.15, -0.1) is 0 Å². The minimum atomic E-state index is -0.297. The second-order valence-corrected chi connectivity index (χ2v) is 5.83. The number of oxime groups is 1. The molecule has 0 aromatic heterocycles. The SMILES string of the molecule is CC(=NO)C(=O)c1ccc(Sc2ccc(OCCO)cc2)cc1. The van der Waals surface area contributed by atoms with E-state index >= 15 is 0 Å². The lowest BCUT2D eigenvalue weighted by Crippen LogP contribution is -2.10. The van der Waals surface area contributed by atoms with E-state index in [1.807, 2.05) is 36.4 Å². The molecule has 0 atom stereocenters. The van der Waals surface area contributed by atoms with Crippen LogP contribution in [0.2, 0.25) is 0 Å². The lowest BCUT2D eigenvalue weighted by molar-refractivity contribution is 0.106. The number of aliphatic hydroxyl groups excluding tert-OH is 1. The topological polar surface area (TPSA) is 79.1 Å². The van der Waals surface area contributed by atoms with Gasteiger partial charge >= 0.3 is 0 Å². The number of rotatable bonds is 7. The van der Waals surface area contributed by atoms with Crippen molar-refractivity contribution >= 4 is 23.3 Å². The van der Waals surface area contributed by atoms with Crippen molar-refractivity contribution in [3.05, 3.63) is 54.1 Å². The van der Waals surface area contributed by atoms with Crippen LogP contribution >= 0.6 is 11.8 Å². The van der Waals surface area contributed by atoms with Crippen molar-refractivity contribution in [1.29, 1.82) is 0 Å². The van der Waals surface area contributed by atoms with Crippen molar-refractivity contribution in [2.45, 2.75) is 16.7 Å². The Morgan fingerprint density at radius 2 is 1.65 bits per heavy atom. The summed E-state index contributed by atoms with van der Waals surface area (Å²) in [6.45, 7) is 1.73. The Kier molecular flexibility index (Phi) is 6.19. The van der Waals surface area contributed by atoms with Crippen LogP contribution in [0.5, 0.6) is 5.75 Å². The first-order chi connectivity index (χ1) is 11.1. The summed E-state index contributed by atoms with van der Waals surface area (Å²) in [6.07, 6.45) is 0. The van der Waals surface area contributed by atoms with Crippen LogP contribution < -0.4 is 4.74 Å². The first kappa shape index (κ1) is 17.1. The molecule has 0 heterocycles. The van der Waals surface area contributed by atoms with Gasteiger partial charge in [-0.05, 0) is 55.5 Å². The number of carbonyl (C=O) groups is 1. The maximum atomic E-state index is 11.8. The molecule has 0 aliphatic heterocycles. The van der Waals surface area contributed by atoms with Gasteiger partial charge in [0.05, 0.1) is 6.61 Å². The van der Waals surface area contributed by atoms with E-state index in [0.29, 0.717) is 11.3 Å². The Balaban J connectivity index is 2.02. The third-order valence-corrected chi connectivity index (χ3v) is 4.03. The van der Waals surface area contributed by atoms with Crippen molar-refractivity contribution in [3.8, 4) is 5.75 Å². The van der Waals surface area contributed by atoms with Gasteiger partial charge < -0.3 is 15.1 Å². The Bertz CT molecular complexity index is 681. The van der Waals surface area contributed by atoms with Crippen LogP contribution in [0.25, 0.3) is 0 Å². The lowest BCUT2D eigenvalue weighted by atomic mass is 10.1. The Morgan fingerprint density at radius 3 is 2.17 bits per heavy atom. The molecular formula is C17H17NO4S. The zero-order chi connectivity index (χ0) is 16.7. The summed E-state index contributed by atoms with van der Waals surface area (Å²) in [7, 11) is 0. The van der Waals surface area contributed by atoms with Crippen LogP contribution in [0.3, 0.4) is 0 Å². The van der Waals surface area contributed by atoms with Gasteiger partial charge in [-0.1, -0.05) is 16.9 Å². The van der Waals surface area contributed by atoms with E-state index in [0.717, 1.165) is 9.79 Å². The van der Waals surface area contributed by atoms with Gasteiger partial charge in [0.1, 0.15) is 18.1 Å². The molecule has 5 nitrogen and oxygen atoms in total. The number of carbonyl (C=O) groups excluding carboxylic acids is 1. The maximum Gasteiger partial charge on any atom is 0.210 e. The quantitative estimate of drug-likeness (QED) is 0.352. The number of ketones is 1. The molecule has 0 radical (unpaired) electrons. The van der Waals surface area contributed by atoms with Gasteiger partial charge in [-0.25, -0.2) is 0 Å². The van der Waals surface area contributed by atoms with E-state index in [1.165, 1.54) is 6.92 Å². The van der Waals surface area contributed by atoms with Crippen LogP contribution in [0.1, 0.15) is 17.3 Å². The molecule has 120 valence electrons. The summed E-state index contributed by atoms with van der Waals surface area (Å²) in [6, 6.07) is 14.7.